The van der Waals surface area contributed by atoms with Gasteiger partial charge in [0.2, 0.25) is 0 Å². The highest BCUT2D eigenvalue weighted by atomic mass is 32.2. The molecule has 2 aliphatic heterocycles. The van der Waals surface area contributed by atoms with Gasteiger partial charge in [-0.3, -0.25) is 0 Å². The van der Waals surface area contributed by atoms with E-state index in [9.17, 15) is 10.2 Å². The number of hydrogen-bond donors (Lipinski definition) is 2. The van der Waals surface area contributed by atoms with E-state index >= 15 is 0 Å². The molecule has 0 amide bonds. The molecule has 4 nitrogen and oxygen atoms in total. The molecule has 2 N–H and O–H groups in total. The molecular formula is C6H10O4S. The fourth-order valence-electron chi connectivity index (χ4n) is 1.35. The largest absolute Gasteiger partial charge is 0.388 e. The number of aliphatic hydroxyl groups excluding tert-OH is 2. The van der Waals surface area contributed by atoms with Crippen molar-refractivity contribution in [3.63, 3.8) is 0 Å². The van der Waals surface area contributed by atoms with Crippen molar-refractivity contribution in [1.82, 2.24) is 0 Å². The van der Waals surface area contributed by atoms with Crippen molar-refractivity contribution in [1.29, 1.82) is 0 Å². The minimum atomic E-state index is -0.574. The van der Waals surface area contributed by atoms with Gasteiger partial charge in [0.1, 0.15) is 23.7 Å². The summed E-state index contributed by atoms with van der Waals surface area (Å²) in [6.45, 7) is 0.271. The predicted molar refractivity (Wildman–Crippen MR) is 39.1 cm³/mol. The zero-order chi connectivity index (χ0) is 7.84. The third-order valence-electron chi connectivity index (χ3n) is 1.94. The second kappa shape index (κ2) is 2.91. The molecule has 0 aromatic rings. The number of aliphatic hydroxyl groups is 2. The van der Waals surface area contributed by atoms with Crippen LogP contribution in [-0.4, -0.2) is 46.5 Å². The Labute approximate surface area is 68.5 Å². The number of thioether (sulfide) groups is 1. The maximum atomic E-state index is 9.34. The van der Waals surface area contributed by atoms with Gasteiger partial charge < -0.3 is 19.7 Å². The average Bonchev–Trinajstić information content (AvgIpc) is 2.35. The molecule has 64 valence electrons. The van der Waals surface area contributed by atoms with Gasteiger partial charge in [0, 0.05) is 0 Å². The monoisotopic (exact) mass is 178 g/mol. The Morgan fingerprint density at radius 3 is 2.73 bits per heavy atom. The Bertz CT molecular complexity index is 152. The van der Waals surface area contributed by atoms with Gasteiger partial charge in [-0.1, -0.05) is 11.8 Å². The van der Waals surface area contributed by atoms with Crippen LogP contribution in [0.4, 0.5) is 0 Å². The SMILES string of the molecule is OC1COC2C(O)SCOC12. The summed E-state index contributed by atoms with van der Waals surface area (Å²) < 4.78 is 10.3. The lowest BCUT2D eigenvalue weighted by Gasteiger charge is -2.29. The van der Waals surface area contributed by atoms with E-state index in [1.54, 1.807) is 0 Å². The van der Waals surface area contributed by atoms with Crippen LogP contribution in [0, 0.1) is 0 Å². The van der Waals surface area contributed by atoms with Gasteiger partial charge in [0.05, 0.1) is 12.5 Å². The van der Waals surface area contributed by atoms with Gasteiger partial charge in [-0.05, 0) is 0 Å². The van der Waals surface area contributed by atoms with Crippen molar-refractivity contribution in [2.45, 2.75) is 23.7 Å². The standard InChI is InChI=1S/C6H10O4S/c7-3-1-9-5-4(3)10-2-11-6(5)8/h3-8H,1-2H2. The van der Waals surface area contributed by atoms with E-state index < -0.39 is 11.5 Å². The van der Waals surface area contributed by atoms with E-state index in [-0.39, 0.29) is 18.8 Å². The summed E-state index contributed by atoms with van der Waals surface area (Å²) in [5.41, 5.74) is -0.550. The maximum Gasteiger partial charge on any atom is 0.130 e. The highest BCUT2D eigenvalue weighted by molar-refractivity contribution is 7.99. The van der Waals surface area contributed by atoms with Gasteiger partial charge in [-0.25, -0.2) is 0 Å². The summed E-state index contributed by atoms with van der Waals surface area (Å²) in [5.74, 6) is 0.433. The van der Waals surface area contributed by atoms with Gasteiger partial charge >= 0.3 is 0 Å². The zero-order valence-electron chi connectivity index (χ0n) is 5.84. The second-order valence-corrected chi connectivity index (χ2v) is 3.72. The molecule has 0 spiro atoms. The van der Waals surface area contributed by atoms with Crippen LogP contribution in [0.5, 0.6) is 0 Å². The summed E-state index contributed by atoms with van der Waals surface area (Å²) in [5, 5.41) is 18.6. The summed E-state index contributed by atoms with van der Waals surface area (Å²) in [7, 11) is 0. The van der Waals surface area contributed by atoms with Crippen molar-refractivity contribution in [2.24, 2.45) is 0 Å². The zero-order valence-corrected chi connectivity index (χ0v) is 6.66. The first-order valence-electron chi connectivity index (χ1n) is 3.50. The Kier molecular flexibility index (Phi) is 2.07. The molecule has 0 bridgehead atoms. The number of hydrogen-bond acceptors (Lipinski definition) is 5. The Hall–Kier alpha value is 0.190. The second-order valence-electron chi connectivity index (χ2n) is 2.67. The summed E-state index contributed by atoms with van der Waals surface area (Å²) in [6, 6.07) is 0. The van der Waals surface area contributed by atoms with Crippen LogP contribution in [0.15, 0.2) is 0 Å². The van der Waals surface area contributed by atoms with Crippen LogP contribution in [0.2, 0.25) is 0 Å². The highest BCUT2D eigenvalue weighted by Crippen LogP contribution is 2.31. The third-order valence-corrected chi connectivity index (χ3v) is 2.82. The molecule has 0 aromatic heterocycles. The van der Waals surface area contributed by atoms with E-state index in [2.05, 4.69) is 0 Å². The van der Waals surface area contributed by atoms with Gasteiger partial charge in [-0.15, -0.1) is 0 Å². The molecule has 0 aliphatic carbocycles. The molecule has 0 aromatic carbocycles. The van der Waals surface area contributed by atoms with Crippen LogP contribution in [-0.2, 0) is 9.47 Å². The van der Waals surface area contributed by atoms with E-state index in [1.807, 2.05) is 0 Å². The van der Waals surface area contributed by atoms with Gasteiger partial charge in [-0.2, -0.15) is 0 Å². The number of ether oxygens (including phenoxy) is 2. The summed E-state index contributed by atoms with van der Waals surface area (Å²) >= 11 is 1.29. The first-order valence-corrected chi connectivity index (χ1v) is 4.55. The third kappa shape index (κ3) is 1.27. The van der Waals surface area contributed by atoms with Crippen molar-refractivity contribution in [3.05, 3.63) is 0 Å². The molecule has 5 heteroatoms. The molecule has 4 atom stereocenters. The van der Waals surface area contributed by atoms with Crippen LogP contribution in [0.3, 0.4) is 0 Å². The quantitative estimate of drug-likeness (QED) is 0.506. The van der Waals surface area contributed by atoms with Crippen molar-refractivity contribution < 1.29 is 19.7 Å². The topological polar surface area (TPSA) is 58.9 Å². The molecule has 4 unspecified atom stereocenters. The first kappa shape index (κ1) is 7.82. The first-order chi connectivity index (χ1) is 5.29. The minimum absolute atomic E-state index is 0.271. The Morgan fingerprint density at radius 1 is 1.18 bits per heavy atom. The van der Waals surface area contributed by atoms with Crippen LogP contribution in [0.25, 0.3) is 0 Å². The van der Waals surface area contributed by atoms with Gasteiger partial charge in [0.25, 0.3) is 0 Å². The maximum absolute atomic E-state index is 9.34. The highest BCUT2D eigenvalue weighted by Gasteiger charge is 2.44. The Balaban J connectivity index is 2.07. The molecule has 0 radical (unpaired) electrons. The van der Waals surface area contributed by atoms with Crippen LogP contribution >= 0.6 is 11.8 Å². The van der Waals surface area contributed by atoms with Gasteiger partial charge in [0.15, 0.2) is 0 Å². The fraction of sp³-hybridized carbons (Fsp3) is 1.00. The normalized spacial score (nSPS) is 50.7. The summed E-state index contributed by atoms with van der Waals surface area (Å²) in [6.07, 6.45) is -1.24. The molecule has 0 saturated carbocycles. The molecule has 11 heavy (non-hydrogen) atoms. The lowest BCUT2D eigenvalue weighted by Crippen LogP contribution is -2.42. The molecule has 2 heterocycles. The van der Waals surface area contributed by atoms with Crippen molar-refractivity contribution >= 4 is 11.8 Å². The number of rotatable bonds is 0. The predicted octanol–water partition coefficient (Wildman–Crippen LogP) is -0.846. The molecule has 2 aliphatic rings. The molecular weight excluding hydrogens is 168 g/mol. The lowest BCUT2D eigenvalue weighted by molar-refractivity contribution is -0.0576. The average molecular weight is 178 g/mol. The van der Waals surface area contributed by atoms with Crippen molar-refractivity contribution in [2.75, 3.05) is 12.5 Å². The minimum Gasteiger partial charge on any atom is -0.388 e. The molecule has 2 saturated heterocycles. The number of fused-ring (bicyclic) bond motifs is 1. The summed E-state index contributed by atoms with van der Waals surface area (Å²) in [4.78, 5) is 0. The fourth-order valence-corrected chi connectivity index (χ4v) is 2.15. The molecule has 2 fully saturated rings. The van der Waals surface area contributed by atoms with E-state index in [0.29, 0.717) is 5.94 Å². The van der Waals surface area contributed by atoms with Crippen molar-refractivity contribution in [3.8, 4) is 0 Å². The van der Waals surface area contributed by atoms with E-state index in [4.69, 9.17) is 9.47 Å². The van der Waals surface area contributed by atoms with Crippen LogP contribution < -0.4 is 0 Å². The smallest absolute Gasteiger partial charge is 0.130 e. The molecule has 2 rings (SSSR count). The lowest BCUT2D eigenvalue weighted by atomic mass is 10.1. The van der Waals surface area contributed by atoms with Crippen LogP contribution in [0.1, 0.15) is 0 Å². The van der Waals surface area contributed by atoms with E-state index in [1.165, 1.54) is 11.8 Å². The Morgan fingerprint density at radius 2 is 2.00 bits per heavy atom. The van der Waals surface area contributed by atoms with E-state index in [0.717, 1.165) is 0 Å².